The molecule has 0 aliphatic rings. The molecular formula is C18H16FN3O2S. The molecule has 5 nitrogen and oxygen atoms in total. The van der Waals surface area contributed by atoms with Gasteiger partial charge in [0.15, 0.2) is 5.78 Å². The maximum absolute atomic E-state index is 13.1. The summed E-state index contributed by atoms with van der Waals surface area (Å²) < 4.78 is 13.1. The van der Waals surface area contributed by atoms with Crippen molar-refractivity contribution in [3.8, 4) is 11.3 Å². The summed E-state index contributed by atoms with van der Waals surface area (Å²) in [6, 6.07) is 7.69. The van der Waals surface area contributed by atoms with Crippen molar-refractivity contribution in [2.45, 2.75) is 13.5 Å². The number of halogens is 1. The van der Waals surface area contributed by atoms with E-state index in [0.29, 0.717) is 17.0 Å². The number of carbonyl (C=O) groups is 2. The fourth-order valence-corrected chi connectivity index (χ4v) is 3.26. The van der Waals surface area contributed by atoms with Crippen LogP contribution in [0, 0.1) is 5.82 Å². The van der Waals surface area contributed by atoms with E-state index < -0.39 is 0 Å². The fourth-order valence-electron chi connectivity index (χ4n) is 2.48. The molecule has 0 saturated carbocycles. The molecule has 0 fully saturated rings. The van der Waals surface area contributed by atoms with Gasteiger partial charge >= 0.3 is 0 Å². The lowest BCUT2D eigenvalue weighted by Gasteiger charge is -2.16. The molecule has 1 amide bonds. The second kappa shape index (κ2) is 6.98. The number of rotatable bonds is 5. The van der Waals surface area contributed by atoms with Crippen LogP contribution in [0.15, 0.2) is 41.9 Å². The Morgan fingerprint density at radius 3 is 2.64 bits per heavy atom. The second-order valence-electron chi connectivity index (χ2n) is 5.69. The molecule has 3 rings (SSSR count). The summed E-state index contributed by atoms with van der Waals surface area (Å²) in [6.07, 6.45) is 1.65. The van der Waals surface area contributed by atoms with Crippen LogP contribution in [0.25, 0.3) is 11.3 Å². The summed E-state index contributed by atoms with van der Waals surface area (Å²) in [5.74, 6) is -0.536. The van der Waals surface area contributed by atoms with Gasteiger partial charge < -0.3 is 4.90 Å². The number of Topliss-reactive ketones (excluding diaryl/α,β-unsaturated/α-hetero) is 1. The Kier molecular flexibility index (Phi) is 4.76. The lowest BCUT2D eigenvalue weighted by atomic mass is 10.1. The number of benzene rings is 1. The van der Waals surface area contributed by atoms with Crippen LogP contribution in [0.4, 0.5) is 4.39 Å². The molecule has 7 heteroatoms. The topological polar surface area (TPSA) is 66.1 Å². The second-order valence-corrected chi connectivity index (χ2v) is 6.61. The van der Waals surface area contributed by atoms with Crippen molar-refractivity contribution in [3.05, 3.63) is 63.7 Å². The number of thiophene rings is 1. The van der Waals surface area contributed by atoms with Crippen LogP contribution in [0.1, 0.15) is 32.5 Å². The predicted octanol–water partition coefficient (Wildman–Crippen LogP) is 3.75. The van der Waals surface area contributed by atoms with Gasteiger partial charge in [-0.2, -0.15) is 5.10 Å². The van der Waals surface area contributed by atoms with E-state index in [9.17, 15) is 14.0 Å². The fraction of sp³-hybridized carbons (Fsp3) is 0.167. The molecule has 0 radical (unpaired) electrons. The van der Waals surface area contributed by atoms with E-state index in [-0.39, 0.29) is 17.5 Å². The minimum atomic E-state index is -0.309. The minimum Gasteiger partial charge on any atom is -0.337 e. The molecule has 0 atom stereocenters. The Labute approximate surface area is 148 Å². The monoisotopic (exact) mass is 357 g/mol. The first-order chi connectivity index (χ1) is 12.0. The summed E-state index contributed by atoms with van der Waals surface area (Å²) in [4.78, 5) is 26.0. The Morgan fingerprint density at radius 1 is 1.28 bits per heavy atom. The molecule has 0 saturated heterocycles. The van der Waals surface area contributed by atoms with E-state index in [4.69, 9.17) is 0 Å². The molecule has 0 aliphatic carbocycles. The summed E-state index contributed by atoms with van der Waals surface area (Å²) >= 11 is 1.26. The Morgan fingerprint density at radius 2 is 2.00 bits per heavy atom. The van der Waals surface area contributed by atoms with Gasteiger partial charge in [-0.3, -0.25) is 14.7 Å². The van der Waals surface area contributed by atoms with E-state index in [1.54, 1.807) is 41.7 Å². The Balaban J connectivity index is 1.78. The third-order valence-corrected chi connectivity index (χ3v) is 4.83. The number of hydrogen-bond acceptors (Lipinski definition) is 4. The molecular weight excluding hydrogens is 341 g/mol. The maximum atomic E-state index is 13.1. The zero-order valence-electron chi connectivity index (χ0n) is 13.7. The van der Waals surface area contributed by atoms with Crippen molar-refractivity contribution in [1.29, 1.82) is 0 Å². The maximum Gasteiger partial charge on any atom is 0.254 e. The molecule has 0 spiro atoms. The number of carbonyl (C=O) groups excluding carboxylic acids is 2. The molecule has 0 bridgehead atoms. The normalized spacial score (nSPS) is 10.7. The average Bonchev–Trinajstić information content (AvgIpc) is 3.24. The van der Waals surface area contributed by atoms with Gasteiger partial charge in [0.1, 0.15) is 5.82 Å². The average molecular weight is 357 g/mol. The molecule has 128 valence electrons. The van der Waals surface area contributed by atoms with E-state index >= 15 is 0 Å². The summed E-state index contributed by atoms with van der Waals surface area (Å²) in [5.41, 5.74) is 2.85. The zero-order valence-corrected chi connectivity index (χ0v) is 14.6. The minimum absolute atomic E-state index is 0.0554. The number of amides is 1. The van der Waals surface area contributed by atoms with Gasteiger partial charge in [-0.1, -0.05) is 0 Å². The van der Waals surface area contributed by atoms with E-state index in [2.05, 4.69) is 10.2 Å². The van der Waals surface area contributed by atoms with Crippen molar-refractivity contribution in [3.63, 3.8) is 0 Å². The highest BCUT2D eigenvalue weighted by atomic mass is 32.1. The van der Waals surface area contributed by atoms with Crippen molar-refractivity contribution < 1.29 is 14.0 Å². The number of ketones is 1. The van der Waals surface area contributed by atoms with Crippen LogP contribution < -0.4 is 0 Å². The SMILES string of the molecule is CC(=O)c1cc(C(=O)N(C)Cc2cn[nH]c2-c2ccc(F)cc2)cs1. The number of hydrogen-bond donors (Lipinski definition) is 1. The van der Waals surface area contributed by atoms with Crippen LogP contribution in [0.5, 0.6) is 0 Å². The van der Waals surface area contributed by atoms with Crippen molar-refractivity contribution >= 4 is 23.0 Å². The first kappa shape index (κ1) is 17.0. The summed E-state index contributed by atoms with van der Waals surface area (Å²) in [6.45, 7) is 1.82. The Bertz CT molecular complexity index is 915. The van der Waals surface area contributed by atoms with Gasteiger partial charge in [-0.15, -0.1) is 11.3 Å². The highest BCUT2D eigenvalue weighted by molar-refractivity contribution is 7.12. The van der Waals surface area contributed by atoms with E-state index in [1.807, 2.05) is 0 Å². The van der Waals surface area contributed by atoms with Crippen LogP contribution in [-0.4, -0.2) is 33.8 Å². The lowest BCUT2D eigenvalue weighted by Crippen LogP contribution is -2.25. The number of nitrogens with one attached hydrogen (secondary N) is 1. The largest absolute Gasteiger partial charge is 0.337 e. The van der Waals surface area contributed by atoms with Gasteiger partial charge in [-0.25, -0.2) is 4.39 Å². The summed E-state index contributed by atoms with van der Waals surface area (Å²) in [7, 11) is 1.69. The van der Waals surface area contributed by atoms with Crippen molar-refractivity contribution in [2.75, 3.05) is 7.05 Å². The molecule has 3 aromatic rings. The van der Waals surface area contributed by atoms with Crippen LogP contribution in [0.2, 0.25) is 0 Å². The smallest absolute Gasteiger partial charge is 0.254 e. The van der Waals surface area contributed by atoms with Crippen LogP contribution in [-0.2, 0) is 6.54 Å². The molecule has 0 aliphatic heterocycles. The zero-order chi connectivity index (χ0) is 18.0. The van der Waals surface area contributed by atoms with Gasteiger partial charge in [0.05, 0.1) is 22.3 Å². The van der Waals surface area contributed by atoms with Gasteiger partial charge in [0, 0.05) is 30.1 Å². The standard InChI is InChI=1S/C18H16FN3O2S/c1-11(23)16-7-13(10-25-16)18(24)22(2)9-14-8-20-21-17(14)12-3-5-15(19)6-4-12/h3-8,10H,9H2,1-2H3,(H,20,21). The predicted molar refractivity (Wildman–Crippen MR) is 94.1 cm³/mol. The van der Waals surface area contributed by atoms with Crippen molar-refractivity contribution in [1.82, 2.24) is 15.1 Å². The summed E-state index contributed by atoms with van der Waals surface area (Å²) in [5, 5.41) is 8.61. The molecule has 1 aromatic carbocycles. The van der Waals surface area contributed by atoms with Gasteiger partial charge in [0.25, 0.3) is 5.91 Å². The number of aromatic nitrogens is 2. The highest BCUT2D eigenvalue weighted by Crippen LogP contribution is 2.23. The molecule has 2 aromatic heterocycles. The Hall–Kier alpha value is -2.80. The number of aromatic amines is 1. The van der Waals surface area contributed by atoms with Gasteiger partial charge in [-0.05, 0) is 37.3 Å². The van der Waals surface area contributed by atoms with Gasteiger partial charge in [0.2, 0.25) is 0 Å². The third-order valence-electron chi connectivity index (χ3n) is 3.80. The van der Waals surface area contributed by atoms with Crippen LogP contribution >= 0.6 is 11.3 Å². The molecule has 0 unspecified atom stereocenters. The van der Waals surface area contributed by atoms with E-state index in [0.717, 1.165) is 16.8 Å². The lowest BCUT2D eigenvalue weighted by molar-refractivity contribution is 0.0786. The van der Waals surface area contributed by atoms with E-state index in [1.165, 1.54) is 30.4 Å². The first-order valence-electron chi connectivity index (χ1n) is 7.59. The number of nitrogens with zero attached hydrogens (tertiary/aromatic N) is 2. The molecule has 25 heavy (non-hydrogen) atoms. The highest BCUT2D eigenvalue weighted by Gasteiger charge is 2.17. The number of H-pyrrole nitrogens is 1. The first-order valence-corrected chi connectivity index (χ1v) is 8.47. The van der Waals surface area contributed by atoms with Crippen molar-refractivity contribution in [2.24, 2.45) is 0 Å². The van der Waals surface area contributed by atoms with Crippen LogP contribution in [0.3, 0.4) is 0 Å². The molecule has 2 heterocycles. The molecule has 1 N–H and O–H groups in total. The third kappa shape index (κ3) is 3.66. The quantitative estimate of drug-likeness (QED) is 0.707.